The number of benzene rings is 1. The van der Waals surface area contributed by atoms with Crippen molar-refractivity contribution in [2.75, 3.05) is 6.61 Å². The van der Waals surface area contributed by atoms with Crippen LogP contribution in [0.15, 0.2) is 29.2 Å². The molecule has 1 fully saturated rings. The van der Waals surface area contributed by atoms with E-state index in [0.29, 0.717) is 17.1 Å². The molecule has 4 nitrogen and oxygen atoms in total. The number of rotatable bonds is 4. The fourth-order valence-electron chi connectivity index (χ4n) is 2.56. The van der Waals surface area contributed by atoms with E-state index in [2.05, 4.69) is 0 Å². The van der Waals surface area contributed by atoms with Gasteiger partial charge in [-0.1, -0.05) is 19.3 Å². The third kappa shape index (κ3) is 3.20. The number of carbonyl (C=O) groups excluding carboxylic acids is 1. The summed E-state index contributed by atoms with van der Waals surface area (Å²) in [5.74, 6) is -0.422. The van der Waals surface area contributed by atoms with Gasteiger partial charge in [0.2, 0.25) is 0 Å². The van der Waals surface area contributed by atoms with Gasteiger partial charge in [-0.3, -0.25) is 0 Å². The highest BCUT2D eigenvalue weighted by molar-refractivity contribution is 7.92. The first-order chi connectivity index (χ1) is 9.55. The molecule has 0 saturated heterocycles. The first-order valence-corrected chi connectivity index (χ1v) is 8.61. The molecule has 1 saturated carbocycles. The fourth-order valence-corrected chi connectivity index (χ4v) is 4.42. The first-order valence-electron chi connectivity index (χ1n) is 7.07. The summed E-state index contributed by atoms with van der Waals surface area (Å²) in [6, 6.07) is 6.06. The highest BCUT2D eigenvalue weighted by atomic mass is 32.2. The number of hydrogen-bond acceptors (Lipinski definition) is 4. The number of esters is 1. The molecule has 0 spiro atoms. The standard InChI is InChI=1S/C15H20O4S/c1-2-19-15(16)12-8-10-14(11-9-12)20(17,18)13-6-4-3-5-7-13/h8-11,13H,2-7H2,1H3. The fraction of sp³-hybridized carbons (Fsp3) is 0.533. The van der Waals surface area contributed by atoms with Crippen LogP contribution in [0.3, 0.4) is 0 Å². The average Bonchev–Trinajstić information content (AvgIpc) is 2.48. The molecule has 0 amide bonds. The van der Waals surface area contributed by atoms with E-state index in [-0.39, 0.29) is 5.25 Å². The van der Waals surface area contributed by atoms with Gasteiger partial charge >= 0.3 is 5.97 Å². The van der Waals surface area contributed by atoms with Gasteiger partial charge in [-0.2, -0.15) is 0 Å². The predicted molar refractivity (Wildman–Crippen MR) is 76.5 cm³/mol. The average molecular weight is 296 g/mol. The monoisotopic (exact) mass is 296 g/mol. The SMILES string of the molecule is CCOC(=O)c1ccc(S(=O)(=O)C2CCCCC2)cc1. The van der Waals surface area contributed by atoms with E-state index in [0.717, 1.165) is 32.1 Å². The second-order valence-electron chi connectivity index (χ2n) is 5.05. The lowest BCUT2D eigenvalue weighted by Crippen LogP contribution is -2.24. The van der Waals surface area contributed by atoms with E-state index < -0.39 is 15.8 Å². The van der Waals surface area contributed by atoms with Crippen molar-refractivity contribution in [2.45, 2.75) is 49.2 Å². The van der Waals surface area contributed by atoms with Gasteiger partial charge in [0.05, 0.1) is 22.3 Å². The van der Waals surface area contributed by atoms with Crippen LogP contribution in [0.2, 0.25) is 0 Å². The smallest absolute Gasteiger partial charge is 0.338 e. The summed E-state index contributed by atoms with van der Waals surface area (Å²) in [6.07, 6.45) is 4.55. The molecule has 0 aromatic heterocycles. The van der Waals surface area contributed by atoms with Crippen molar-refractivity contribution in [1.82, 2.24) is 0 Å². The minimum atomic E-state index is -3.27. The van der Waals surface area contributed by atoms with Crippen LogP contribution in [0.1, 0.15) is 49.4 Å². The van der Waals surface area contributed by atoms with Crippen LogP contribution in [-0.4, -0.2) is 26.2 Å². The van der Waals surface area contributed by atoms with Crippen LogP contribution in [0.5, 0.6) is 0 Å². The van der Waals surface area contributed by atoms with Gasteiger partial charge in [0.1, 0.15) is 0 Å². The molecular weight excluding hydrogens is 276 g/mol. The first kappa shape index (κ1) is 15.0. The van der Waals surface area contributed by atoms with Crippen LogP contribution in [0, 0.1) is 0 Å². The zero-order valence-corrected chi connectivity index (χ0v) is 12.5. The minimum absolute atomic E-state index is 0.273. The van der Waals surface area contributed by atoms with Gasteiger partial charge in [-0.25, -0.2) is 13.2 Å². The van der Waals surface area contributed by atoms with E-state index in [1.807, 2.05) is 0 Å². The van der Waals surface area contributed by atoms with Gasteiger partial charge in [-0.05, 0) is 44.0 Å². The van der Waals surface area contributed by atoms with Crippen molar-refractivity contribution >= 4 is 15.8 Å². The van der Waals surface area contributed by atoms with Crippen LogP contribution in [0.25, 0.3) is 0 Å². The van der Waals surface area contributed by atoms with Gasteiger partial charge in [0.15, 0.2) is 9.84 Å². The minimum Gasteiger partial charge on any atom is -0.462 e. The van der Waals surface area contributed by atoms with Crippen LogP contribution < -0.4 is 0 Å². The van der Waals surface area contributed by atoms with Crippen LogP contribution >= 0.6 is 0 Å². The third-order valence-corrected chi connectivity index (χ3v) is 5.96. The lowest BCUT2D eigenvalue weighted by Gasteiger charge is -2.21. The molecule has 110 valence electrons. The molecule has 0 bridgehead atoms. The maximum Gasteiger partial charge on any atom is 0.338 e. The molecule has 5 heteroatoms. The summed E-state index contributed by atoms with van der Waals surface area (Å²) in [6.45, 7) is 2.04. The Morgan fingerprint density at radius 2 is 1.75 bits per heavy atom. The molecule has 0 unspecified atom stereocenters. The highest BCUT2D eigenvalue weighted by Crippen LogP contribution is 2.28. The molecule has 0 N–H and O–H groups in total. The zero-order valence-electron chi connectivity index (χ0n) is 11.7. The zero-order chi connectivity index (χ0) is 14.6. The van der Waals surface area contributed by atoms with E-state index in [9.17, 15) is 13.2 Å². The van der Waals surface area contributed by atoms with E-state index in [1.54, 1.807) is 6.92 Å². The maximum atomic E-state index is 12.5. The number of ether oxygens (including phenoxy) is 1. The molecule has 0 radical (unpaired) electrons. The lowest BCUT2D eigenvalue weighted by atomic mass is 10.0. The highest BCUT2D eigenvalue weighted by Gasteiger charge is 2.28. The molecule has 0 aliphatic heterocycles. The summed E-state index contributed by atoms with van der Waals surface area (Å²) >= 11 is 0. The van der Waals surface area contributed by atoms with Crippen LogP contribution in [-0.2, 0) is 14.6 Å². The number of carbonyl (C=O) groups is 1. The van der Waals surface area contributed by atoms with Gasteiger partial charge in [0, 0.05) is 0 Å². The van der Waals surface area contributed by atoms with Crippen LogP contribution in [0.4, 0.5) is 0 Å². The molecular formula is C15H20O4S. The Bertz CT molecular complexity index is 554. The Morgan fingerprint density at radius 3 is 2.30 bits per heavy atom. The van der Waals surface area contributed by atoms with Gasteiger partial charge < -0.3 is 4.74 Å². The predicted octanol–water partition coefficient (Wildman–Crippen LogP) is 2.97. The molecule has 2 rings (SSSR count). The van der Waals surface area contributed by atoms with Crippen molar-refractivity contribution in [3.05, 3.63) is 29.8 Å². The molecule has 20 heavy (non-hydrogen) atoms. The summed E-state index contributed by atoms with van der Waals surface area (Å²) in [5, 5.41) is -0.273. The molecule has 1 aliphatic carbocycles. The number of hydrogen-bond donors (Lipinski definition) is 0. The number of sulfone groups is 1. The normalized spacial score (nSPS) is 16.9. The van der Waals surface area contributed by atoms with E-state index in [4.69, 9.17) is 4.74 Å². The molecule has 0 heterocycles. The summed E-state index contributed by atoms with van der Waals surface area (Å²) < 4.78 is 29.8. The summed E-state index contributed by atoms with van der Waals surface area (Å²) in [7, 11) is -3.27. The summed E-state index contributed by atoms with van der Waals surface area (Å²) in [5.41, 5.74) is 0.384. The topological polar surface area (TPSA) is 60.4 Å². The Kier molecular flexibility index (Phi) is 4.81. The second-order valence-corrected chi connectivity index (χ2v) is 7.28. The molecule has 1 aromatic carbocycles. The van der Waals surface area contributed by atoms with Crippen molar-refractivity contribution < 1.29 is 17.9 Å². The second kappa shape index (κ2) is 6.39. The quantitative estimate of drug-likeness (QED) is 0.801. The Hall–Kier alpha value is -1.36. The van der Waals surface area contributed by atoms with E-state index in [1.165, 1.54) is 24.3 Å². The van der Waals surface area contributed by atoms with Crippen molar-refractivity contribution in [3.63, 3.8) is 0 Å². The Balaban J connectivity index is 2.18. The molecule has 1 aromatic rings. The largest absolute Gasteiger partial charge is 0.462 e. The van der Waals surface area contributed by atoms with Gasteiger partial charge in [0.25, 0.3) is 0 Å². The van der Waals surface area contributed by atoms with Gasteiger partial charge in [-0.15, -0.1) is 0 Å². The Labute approximate surface area is 120 Å². The molecule has 0 atom stereocenters. The third-order valence-electron chi connectivity index (χ3n) is 3.69. The van der Waals surface area contributed by atoms with Crippen molar-refractivity contribution in [1.29, 1.82) is 0 Å². The Morgan fingerprint density at radius 1 is 1.15 bits per heavy atom. The van der Waals surface area contributed by atoms with Crippen molar-refractivity contribution in [3.8, 4) is 0 Å². The maximum absolute atomic E-state index is 12.5. The lowest BCUT2D eigenvalue weighted by molar-refractivity contribution is 0.0526. The summed E-state index contributed by atoms with van der Waals surface area (Å²) in [4.78, 5) is 11.8. The molecule has 1 aliphatic rings. The van der Waals surface area contributed by atoms with Crippen molar-refractivity contribution in [2.24, 2.45) is 0 Å². The van der Waals surface area contributed by atoms with E-state index >= 15 is 0 Å².